The zero-order valence-corrected chi connectivity index (χ0v) is 15.6. The molecule has 8 heteroatoms. The van der Waals surface area contributed by atoms with Crippen LogP contribution in [0.4, 0.5) is 8.78 Å². The fraction of sp³-hybridized carbons (Fsp3) is 0.368. The predicted molar refractivity (Wildman–Crippen MR) is 97.7 cm³/mol. The van der Waals surface area contributed by atoms with Crippen molar-refractivity contribution in [2.24, 2.45) is 0 Å². The van der Waals surface area contributed by atoms with Crippen LogP contribution in [0.2, 0.25) is 0 Å². The highest BCUT2D eigenvalue weighted by molar-refractivity contribution is 7.12. The van der Waals surface area contributed by atoms with Crippen LogP contribution in [-0.2, 0) is 0 Å². The smallest absolute Gasteiger partial charge is 0.264 e. The van der Waals surface area contributed by atoms with Crippen molar-refractivity contribution < 1.29 is 23.5 Å². The van der Waals surface area contributed by atoms with Gasteiger partial charge in [-0.05, 0) is 36.9 Å². The lowest BCUT2D eigenvalue weighted by molar-refractivity contribution is -0.00369. The zero-order chi connectivity index (χ0) is 19.6. The third-order valence-electron chi connectivity index (χ3n) is 4.75. The molecule has 0 saturated carbocycles. The number of carbonyl (C=O) groups is 2. The first-order valence-electron chi connectivity index (χ1n) is 8.69. The Morgan fingerprint density at radius 3 is 2.70 bits per heavy atom. The van der Waals surface area contributed by atoms with Gasteiger partial charge in [-0.25, -0.2) is 8.78 Å². The van der Waals surface area contributed by atoms with Gasteiger partial charge in [0.25, 0.3) is 11.8 Å². The van der Waals surface area contributed by atoms with Crippen LogP contribution in [-0.4, -0.2) is 58.5 Å². The van der Waals surface area contributed by atoms with Crippen LogP contribution in [0.15, 0.2) is 35.7 Å². The number of hydrogen-bond acceptors (Lipinski definition) is 4. The summed E-state index contributed by atoms with van der Waals surface area (Å²) >= 11 is 1.33. The van der Waals surface area contributed by atoms with Gasteiger partial charge in [-0.3, -0.25) is 9.59 Å². The highest BCUT2D eigenvalue weighted by atomic mass is 32.1. The first kappa shape index (κ1) is 19.4. The minimum atomic E-state index is -1.19. The number of aliphatic hydroxyl groups is 1. The van der Waals surface area contributed by atoms with Crippen LogP contribution >= 0.6 is 11.3 Å². The van der Waals surface area contributed by atoms with Gasteiger partial charge < -0.3 is 14.9 Å². The van der Waals surface area contributed by atoms with Crippen molar-refractivity contribution in [1.82, 2.24) is 9.80 Å². The van der Waals surface area contributed by atoms with E-state index >= 15 is 0 Å². The molecule has 0 radical (unpaired) electrons. The summed E-state index contributed by atoms with van der Waals surface area (Å²) in [6, 6.07) is 6.39. The molecular formula is C19H20F2N2O3S. The minimum Gasteiger partial charge on any atom is -0.389 e. The van der Waals surface area contributed by atoms with E-state index in [1.807, 2.05) is 0 Å². The molecule has 2 aromatic rings. The van der Waals surface area contributed by atoms with Crippen LogP contribution in [0.1, 0.15) is 33.4 Å². The number of hydrogen-bond donors (Lipinski definition) is 1. The fourth-order valence-electron chi connectivity index (χ4n) is 3.38. The van der Waals surface area contributed by atoms with Gasteiger partial charge in [-0.2, -0.15) is 0 Å². The van der Waals surface area contributed by atoms with E-state index in [9.17, 15) is 23.5 Å². The Kier molecular flexibility index (Phi) is 5.86. The first-order chi connectivity index (χ1) is 12.9. The molecule has 1 aliphatic heterocycles. The lowest BCUT2D eigenvalue weighted by Gasteiger charge is -2.41. The van der Waals surface area contributed by atoms with Gasteiger partial charge in [0.1, 0.15) is 0 Å². The average molecular weight is 394 g/mol. The molecule has 0 spiro atoms. The highest BCUT2D eigenvalue weighted by Crippen LogP contribution is 2.23. The minimum absolute atomic E-state index is 0.0802. The molecule has 2 heterocycles. The third-order valence-corrected chi connectivity index (χ3v) is 5.61. The van der Waals surface area contributed by atoms with Crippen LogP contribution in [0, 0.1) is 11.6 Å². The topological polar surface area (TPSA) is 60.9 Å². The summed E-state index contributed by atoms with van der Waals surface area (Å²) in [4.78, 5) is 28.6. The van der Waals surface area contributed by atoms with Crippen LogP contribution < -0.4 is 0 Å². The van der Waals surface area contributed by atoms with E-state index in [4.69, 9.17) is 0 Å². The molecule has 3 rings (SSSR count). The van der Waals surface area contributed by atoms with Gasteiger partial charge in [-0.1, -0.05) is 12.1 Å². The molecule has 2 atom stereocenters. The van der Waals surface area contributed by atoms with E-state index in [0.717, 1.165) is 6.07 Å². The Hall–Kier alpha value is -2.32. The maximum Gasteiger partial charge on any atom is 0.264 e. The molecule has 144 valence electrons. The lowest BCUT2D eigenvalue weighted by Crippen LogP contribution is -2.56. The summed E-state index contributed by atoms with van der Waals surface area (Å²) in [5, 5.41) is 12.4. The third kappa shape index (κ3) is 3.86. The van der Waals surface area contributed by atoms with Crippen LogP contribution in [0.25, 0.3) is 0 Å². The normalized spacial score (nSPS) is 19.8. The largest absolute Gasteiger partial charge is 0.389 e. The number of likely N-dealkylation sites (N-methyl/N-ethyl adjacent to an activating group) is 1. The summed E-state index contributed by atoms with van der Waals surface area (Å²) in [6.07, 6.45) is -0.613. The van der Waals surface area contributed by atoms with E-state index in [1.165, 1.54) is 28.4 Å². The Bertz CT molecular complexity index is 828. The number of benzene rings is 1. The van der Waals surface area contributed by atoms with Gasteiger partial charge in [0.15, 0.2) is 11.6 Å². The standard InChI is InChI=1S/C19H20F2N2O3S/c1-2-23(18(25)12-5-3-6-13(20)17(12)21)14-8-9-22(11-15(14)24)19(26)16-7-4-10-27-16/h3-7,10,14-15,24H,2,8-9,11H2,1H3/t14-,15-/m1/s1. The number of likely N-dealkylation sites (tertiary alicyclic amines) is 1. The first-order valence-corrected chi connectivity index (χ1v) is 9.57. The van der Waals surface area contributed by atoms with Crippen molar-refractivity contribution in [2.45, 2.75) is 25.5 Å². The molecule has 2 amide bonds. The van der Waals surface area contributed by atoms with Crippen molar-refractivity contribution in [1.29, 1.82) is 0 Å². The van der Waals surface area contributed by atoms with Crippen LogP contribution in [0.3, 0.4) is 0 Å². The number of nitrogens with zero attached hydrogens (tertiary/aromatic N) is 2. The monoisotopic (exact) mass is 394 g/mol. The van der Waals surface area contributed by atoms with E-state index in [0.29, 0.717) is 17.8 Å². The summed E-state index contributed by atoms with van der Waals surface area (Å²) in [5.74, 6) is -3.11. The molecule has 1 saturated heterocycles. The number of halogens is 2. The Labute approximate surface area is 159 Å². The van der Waals surface area contributed by atoms with E-state index in [-0.39, 0.29) is 24.6 Å². The number of piperidine rings is 1. The Morgan fingerprint density at radius 1 is 1.30 bits per heavy atom. The number of thiophene rings is 1. The number of β-amino-alcohol motifs (C(OH)–C–C–N with tert-alkyl or cyclic N) is 1. The van der Waals surface area contributed by atoms with E-state index in [2.05, 4.69) is 0 Å². The molecule has 0 bridgehead atoms. The van der Waals surface area contributed by atoms with Gasteiger partial charge >= 0.3 is 0 Å². The van der Waals surface area contributed by atoms with Crippen molar-refractivity contribution in [2.75, 3.05) is 19.6 Å². The molecule has 1 aromatic carbocycles. The molecule has 0 aliphatic carbocycles. The van der Waals surface area contributed by atoms with E-state index < -0.39 is 29.7 Å². The molecule has 5 nitrogen and oxygen atoms in total. The summed E-state index contributed by atoms with van der Waals surface area (Å²) in [5.41, 5.74) is -0.360. The van der Waals surface area contributed by atoms with Crippen molar-refractivity contribution in [3.05, 3.63) is 57.8 Å². The number of amides is 2. The molecule has 1 N–H and O–H groups in total. The van der Waals surface area contributed by atoms with Crippen molar-refractivity contribution in [3.8, 4) is 0 Å². The Morgan fingerprint density at radius 2 is 2.07 bits per heavy atom. The quantitative estimate of drug-likeness (QED) is 0.868. The van der Waals surface area contributed by atoms with Gasteiger partial charge in [0, 0.05) is 19.6 Å². The SMILES string of the molecule is CCN(C(=O)c1cccc(F)c1F)[C@@H]1CCN(C(=O)c2cccs2)C[C@H]1O. The second-order valence-electron chi connectivity index (χ2n) is 6.34. The highest BCUT2D eigenvalue weighted by Gasteiger charge is 2.36. The number of carbonyl (C=O) groups excluding carboxylic acids is 2. The number of rotatable bonds is 4. The van der Waals surface area contributed by atoms with Crippen molar-refractivity contribution in [3.63, 3.8) is 0 Å². The van der Waals surface area contributed by atoms with Gasteiger partial charge in [-0.15, -0.1) is 11.3 Å². The summed E-state index contributed by atoms with van der Waals surface area (Å²) in [7, 11) is 0. The number of aliphatic hydroxyl groups excluding tert-OH is 1. The van der Waals surface area contributed by atoms with Gasteiger partial charge in [0.05, 0.1) is 22.6 Å². The molecule has 1 aliphatic rings. The Balaban J connectivity index is 1.74. The average Bonchev–Trinajstić information content (AvgIpc) is 3.19. The summed E-state index contributed by atoms with van der Waals surface area (Å²) in [6.45, 7) is 2.39. The maximum atomic E-state index is 14.0. The zero-order valence-electron chi connectivity index (χ0n) is 14.8. The second-order valence-corrected chi connectivity index (χ2v) is 7.29. The maximum absolute atomic E-state index is 14.0. The second kappa shape index (κ2) is 8.14. The lowest BCUT2D eigenvalue weighted by atomic mass is 9.98. The molecule has 0 unspecified atom stereocenters. The molecule has 1 fully saturated rings. The van der Waals surface area contributed by atoms with E-state index in [1.54, 1.807) is 29.3 Å². The summed E-state index contributed by atoms with van der Waals surface area (Å²) < 4.78 is 27.5. The molecular weight excluding hydrogens is 374 g/mol. The van der Waals surface area contributed by atoms with Crippen molar-refractivity contribution >= 4 is 23.2 Å². The van der Waals surface area contributed by atoms with Crippen LogP contribution in [0.5, 0.6) is 0 Å². The predicted octanol–water partition coefficient (Wildman–Crippen LogP) is 2.76. The van der Waals surface area contributed by atoms with Gasteiger partial charge in [0.2, 0.25) is 0 Å². The molecule has 1 aromatic heterocycles. The molecule has 27 heavy (non-hydrogen) atoms. The fourth-order valence-corrected chi connectivity index (χ4v) is 4.07.